The quantitative estimate of drug-likeness (QED) is 0.847. The van der Waals surface area contributed by atoms with Gasteiger partial charge in [-0.2, -0.15) is 18.3 Å². The molecule has 1 aliphatic rings. The van der Waals surface area contributed by atoms with Crippen molar-refractivity contribution in [1.29, 1.82) is 0 Å². The third-order valence-corrected chi connectivity index (χ3v) is 4.29. The third kappa shape index (κ3) is 4.15. The van der Waals surface area contributed by atoms with Gasteiger partial charge < -0.3 is 4.90 Å². The molecule has 25 heavy (non-hydrogen) atoms. The number of aromatic nitrogens is 4. The number of aryl methyl sites for hydroxylation is 1. The first kappa shape index (κ1) is 17.4. The number of alkyl halides is 3. The minimum atomic E-state index is -4.55. The van der Waals surface area contributed by atoms with Gasteiger partial charge >= 0.3 is 6.18 Å². The standard InChI is InChI=1S/C16H18F3N5O/c1-11-20-7-4-14(21-11)23-8-5-12(6-9-23)10-24-15(25)3-2-13(22-24)16(17,18)19/h2-4,7,12H,5-6,8-10H2,1H3. The number of rotatable bonds is 3. The predicted molar refractivity (Wildman–Crippen MR) is 85.2 cm³/mol. The van der Waals surface area contributed by atoms with Crippen molar-refractivity contribution in [2.45, 2.75) is 32.5 Å². The minimum Gasteiger partial charge on any atom is -0.356 e. The molecular formula is C16H18F3N5O. The maximum Gasteiger partial charge on any atom is 0.435 e. The molecule has 0 aliphatic carbocycles. The van der Waals surface area contributed by atoms with Crippen LogP contribution in [0.3, 0.4) is 0 Å². The second kappa shape index (κ2) is 6.81. The summed E-state index contributed by atoms with van der Waals surface area (Å²) < 4.78 is 39.2. The maximum absolute atomic E-state index is 12.8. The highest BCUT2D eigenvalue weighted by atomic mass is 19.4. The van der Waals surface area contributed by atoms with E-state index in [0.29, 0.717) is 5.82 Å². The van der Waals surface area contributed by atoms with E-state index in [1.54, 1.807) is 6.20 Å². The Balaban J connectivity index is 1.65. The van der Waals surface area contributed by atoms with Gasteiger partial charge in [0.2, 0.25) is 0 Å². The molecular weight excluding hydrogens is 335 g/mol. The van der Waals surface area contributed by atoms with E-state index in [1.165, 1.54) is 0 Å². The molecule has 1 saturated heterocycles. The van der Waals surface area contributed by atoms with E-state index in [9.17, 15) is 18.0 Å². The Morgan fingerprint density at radius 1 is 1.20 bits per heavy atom. The second-order valence-corrected chi connectivity index (χ2v) is 6.13. The Hall–Kier alpha value is -2.45. The molecule has 0 saturated carbocycles. The highest BCUT2D eigenvalue weighted by Gasteiger charge is 2.33. The largest absolute Gasteiger partial charge is 0.435 e. The number of nitrogens with zero attached hydrogens (tertiary/aromatic N) is 5. The first-order valence-corrected chi connectivity index (χ1v) is 8.03. The fourth-order valence-corrected chi connectivity index (χ4v) is 2.94. The maximum atomic E-state index is 12.8. The molecule has 0 N–H and O–H groups in total. The highest BCUT2D eigenvalue weighted by molar-refractivity contribution is 5.37. The summed E-state index contributed by atoms with van der Waals surface area (Å²) in [5, 5.41) is 3.47. The number of hydrogen-bond acceptors (Lipinski definition) is 5. The van der Waals surface area contributed by atoms with Gasteiger partial charge in [-0.15, -0.1) is 0 Å². The van der Waals surface area contributed by atoms with Gasteiger partial charge in [-0.25, -0.2) is 14.6 Å². The lowest BCUT2D eigenvalue weighted by Crippen LogP contribution is -2.37. The molecule has 0 bridgehead atoms. The lowest BCUT2D eigenvalue weighted by atomic mass is 9.97. The van der Waals surface area contributed by atoms with Crippen LogP contribution in [0.5, 0.6) is 0 Å². The van der Waals surface area contributed by atoms with Crippen LogP contribution >= 0.6 is 0 Å². The Morgan fingerprint density at radius 3 is 2.56 bits per heavy atom. The van der Waals surface area contributed by atoms with Crippen molar-refractivity contribution >= 4 is 5.82 Å². The Morgan fingerprint density at radius 2 is 1.92 bits per heavy atom. The van der Waals surface area contributed by atoms with E-state index in [-0.39, 0.29) is 12.5 Å². The van der Waals surface area contributed by atoms with Crippen molar-refractivity contribution in [3.63, 3.8) is 0 Å². The summed E-state index contributed by atoms with van der Waals surface area (Å²) in [6, 6.07) is 3.49. The molecule has 2 aromatic heterocycles. The molecule has 2 aromatic rings. The van der Waals surface area contributed by atoms with Crippen LogP contribution in [0.15, 0.2) is 29.2 Å². The molecule has 0 spiro atoms. The molecule has 9 heteroatoms. The molecule has 3 rings (SSSR count). The zero-order chi connectivity index (χ0) is 18.0. The van der Waals surface area contributed by atoms with Crippen LogP contribution in [0, 0.1) is 12.8 Å². The van der Waals surface area contributed by atoms with E-state index in [4.69, 9.17) is 0 Å². The fraction of sp³-hybridized carbons (Fsp3) is 0.500. The van der Waals surface area contributed by atoms with Gasteiger partial charge in [0.25, 0.3) is 5.56 Å². The van der Waals surface area contributed by atoms with Crippen molar-refractivity contribution in [3.8, 4) is 0 Å². The molecule has 0 unspecified atom stereocenters. The average Bonchev–Trinajstić information content (AvgIpc) is 2.56. The van der Waals surface area contributed by atoms with Crippen LogP contribution in [0.4, 0.5) is 19.0 Å². The Bertz CT molecular complexity index is 797. The van der Waals surface area contributed by atoms with Crippen LogP contribution in [0.25, 0.3) is 0 Å². The smallest absolute Gasteiger partial charge is 0.356 e. The van der Waals surface area contributed by atoms with Gasteiger partial charge in [-0.05, 0) is 37.8 Å². The summed E-state index contributed by atoms with van der Waals surface area (Å²) in [4.78, 5) is 22.4. The zero-order valence-electron chi connectivity index (χ0n) is 13.7. The van der Waals surface area contributed by atoms with E-state index < -0.39 is 17.4 Å². The number of anilines is 1. The van der Waals surface area contributed by atoms with Crippen LogP contribution in [0.2, 0.25) is 0 Å². The van der Waals surface area contributed by atoms with Gasteiger partial charge in [-0.1, -0.05) is 0 Å². The molecule has 0 aromatic carbocycles. The van der Waals surface area contributed by atoms with Crippen LogP contribution in [-0.4, -0.2) is 32.8 Å². The monoisotopic (exact) mass is 353 g/mol. The summed E-state index contributed by atoms with van der Waals surface area (Å²) in [5.74, 6) is 1.65. The van der Waals surface area contributed by atoms with Crippen LogP contribution in [0.1, 0.15) is 24.4 Å². The summed E-state index contributed by atoms with van der Waals surface area (Å²) >= 11 is 0. The molecule has 134 valence electrons. The van der Waals surface area contributed by atoms with Gasteiger partial charge in [-0.3, -0.25) is 4.79 Å². The second-order valence-electron chi connectivity index (χ2n) is 6.13. The SMILES string of the molecule is Cc1nccc(N2CCC(Cn3nc(C(F)(F)F)ccc3=O)CC2)n1. The highest BCUT2D eigenvalue weighted by Crippen LogP contribution is 2.27. The first-order valence-electron chi connectivity index (χ1n) is 8.03. The van der Waals surface area contributed by atoms with Crippen molar-refractivity contribution < 1.29 is 13.2 Å². The summed E-state index contributed by atoms with van der Waals surface area (Å²) in [6.07, 6.45) is -1.33. The topological polar surface area (TPSA) is 63.9 Å². The van der Waals surface area contributed by atoms with E-state index in [0.717, 1.165) is 48.6 Å². The van der Waals surface area contributed by atoms with Crippen molar-refractivity contribution in [3.05, 3.63) is 46.3 Å². The van der Waals surface area contributed by atoms with E-state index in [1.807, 2.05) is 13.0 Å². The summed E-state index contributed by atoms with van der Waals surface area (Å²) in [5.41, 5.74) is -1.55. The van der Waals surface area contributed by atoms with E-state index >= 15 is 0 Å². The van der Waals surface area contributed by atoms with Gasteiger partial charge in [0.1, 0.15) is 11.6 Å². The van der Waals surface area contributed by atoms with Crippen molar-refractivity contribution in [1.82, 2.24) is 19.7 Å². The minimum absolute atomic E-state index is 0.105. The summed E-state index contributed by atoms with van der Waals surface area (Å²) in [6.45, 7) is 3.48. The molecule has 1 aliphatic heterocycles. The normalized spacial score (nSPS) is 16.2. The number of piperidine rings is 1. The van der Waals surface area contributed by atoms with Crippen molar-refractivity contribution in [2.75, 3.05) is 18.0 Å². The first-order chi connectivity index (χ1) is 11.8. The fourth-order valence-electron chi connectivity index (χ4n) is 2.94. The van der Waals surface area contributed by atoms with Crippen LogP contribution < -0.4 is 10.5 Å². The van der Waals surface area contributed by atoms with Gasteiger partial charge in [0.15, 0.2) is 5.69 Å². The molecule has 0 radical (unpaired) electrons. The predicted octanol–water partition coefficient (Wildman–Crippen LogP) is 2.28. The molecule has 0 amide bonds. The van der Waals surface area contributed by atoms with E-state index in [2.05, 4.69) is 20.0 Å². The molecule has 0 atom stereocenters. The van der Waals surface area contributed by atoms with Gasteiger partial charge in [0.05, 0.1) is 0 Å². The van der Waals surface area contributed by atoms with Crippen molar-refractivity contribution in [2.24, 2.45) is 5.92 Å². The zero-order valence-corrected chi connectivity index (χ0v) is 13.7. The number of hydrogen-bond donors (Lipinski definition) is 0. The lowest BCUT2D eigenvalue weighted by molar-refractivity contribution is -0.142. The third-order valence-electron chi connectivity index (χ3n) is 4.29. The van der Waals surface area contributed by atoms with Crippen LogP contribution in [-0.2, 0) is 12.7 Å². The average molecular weight is 353 g/mol. The Labute approximate surface area is 142 Å². The summed E-state index contributed by atoms with van der Waals surface area (Å²) in [7, 11) is 0. The lowest BCUT2D eigenvalue weighted by Gasteiger charge is -2.32. The number of halogens is 3. The Kier molecular flexibility index (Phi) is 4.73. The molecule has 1 fully saturated rings. The van der Waals surface area contributed by atoms with Gasteiger partial charge in [0, 0.05) is 31.9 Å². The molecule has 6 nitrogen and oxygen atoms in total. The molecule has 3 heterocycles.